The molecule has 54 heavy (non-hydrogen) atoms. The van der Waals surface area contributed by atoms with Gasteiger partial charge in [0, 0.05) is 62.0 Å². The molecule has 286 valence electrons. The Bertz CT molecular complexity index is 1980. The van der Waals surface area contributed by atoms with Crippen LogP contribution >= 0.6 is 11.5 Å². The van der Waals surface area contributed by atoms with Crippen molar-refractivity contribution in [1.82, 2.24) is 28.7 Å². The summed E-state index contributed by atoms with van der Waals surface area (Å²) in [4.78, 5) is 40.7. The van der Waals surface area contributed by atoms with Crippen LogP contribution in [-0.4, -0.2) is 78.3 Å². The summed E-state index contributed by atoms with van der Waals surface area (Å²) in [6, 6.07) is 23.0. The number of hydrogen-bond acceptors (Lipinski definition) is 8. The molecule has 2 amide bonds. The number of fused-ring (bicyclic) bond motifs is 1. The van der Waals surface area contributed by atoms with Crippen LogP contribution in [0.15, 0.2) is 85.5 Å². The van der Waals surface area contributed by atoms with E-state index in [0.29, 0.717) is 32.6 Å². The lowest BCUT2D eigenvalue weighted by molar-refractivity contribution is 0.0186. The van der Waals surface area contributed by atoms with E-state index in [-0.39, 0.29) is 24.1 Å². The summed E-state index contributed by atoms with van der Waals surface area (Å²) in [5.41, 5.74) is 4.24. The highest BCUT2D eigenvalue weighted by Gasteiger charge is 2.32. The third kappa shape index (κ3) is 10.7. The summed E-state index contributed by atoms with van der Waals surface area (Å²) in [7, 11) is 0. The lowest BCUT2D eigenvalue weighted by Crippen LogP contribution is -2.42. The minimum absolute atomic E-state index is 0.235. The molecule has 0 N–H and O–H groups in total. The Labute approximate surface area is 323 Å². The predicted molar refractivity (Wildman–Crippen MR) is 215 cm³/mol. The second kappa shape index (κ2) is 17.1. The van der Waals surface area contributed by atoms with Gasteiger partial charge in [0.15, 0.2) is 0 Å². The number of nitrogens with zero attached hydrogens (tertiary/aromatic N) is 6. The topological polar surface area (TPSA) is 103 Å². The van der Waals surface area contributed by atoms with Crippen molar-refractivity contribution in [3.05, 3.63) is 102 Å². The van der Waals surface area contributed by atoms with Crippen LogP contribution in [0.3, 0.4) is 0 Å². The van der Waals surface area contributed by atoms with E-state index in [1.54, 1.807) is 11.2 Å². The van der Waals surface area contributed by atoms with Crippen LogP contribution in [0.4, 0.5) is 9.59 Å². The number of carbonyl (C=O) groups excluding carboxylic acids is 2. The largest absolute Gasteiger partial charge is 0.444 e. The maximum Gasteiger partial charge on any atom is 0.410 e. The molecular weight excluding hydrogens is 697 g/mol. The first-order valence-electron chi connectivity index (χ1n) is 19.1. The van der Waals surface area contributed by atoms with Crippen molar-refractivity contribution in [2.75, 3.05) is 26.2 Å². The number of ether oxygens (including phenoxy) is 2. The fourth-order valence-corrected chi connectivity index (χ4v) is 7.92. The van der Waals surface area contributed by atoms with E-state index in [1.165, 1.54) is 17.1 Å². The molecule has 2 atom stereocenters. The first-order valence-corrected chi connectivity index (χ1v) is 19.9. The Balaban J connectivity index is 1.13. The molecule has 1 aliphatic rings. The molecule has 0 bridgehead atoms. The molecule has 5 aromatic rings. The molecule has 3 aromatic heterocycles. The molecule has 0 radical (unpaired) electrons. The fraction of sp³-hybridized carbons (Fsp3) is 0.465. The lowest BCUT2D eigenvalue weighted by atomic mass is 10.1. The van der Waals surface area contributed by atoms with Crippen LogP contribution in [0.2, 0.25) is 0 Å². The molecule has 2 unspecified atom stereocenters. The van der Waals surface area contributed by atoms with Gasteiger partial charge in [-0.2, -0.15) is 4.37 Å². The van der Waals surface area contributed by atoms with Crippen molar-refractivity contribution < 1.29 is 19.1 Å². The monoisotopic (exact) mass is 750 g/mol. The van der Waals surface area contributed by atoms with Crippen LogP contribution in [0.5, 0.6) is 0 Å². The van der Waals surface area contributed by atoms with E-state index in [4.69, 9.17) is 18.8 Å². The number of benzene rings is 2. The zero-order chi connectivity index (χ0) is 38.3. The van der Waals surface area contributed by atoms with Gasteiger partial charge in [-0.3, -0.25) is 0 Å². The maximum absolute atomic E-state index is 13.6. The molecule has 1 aliphatic carbocycles. The van der Waals surface area contributed by atoms with Crippen molar-refractivity contribution in [2.45, 2.75) is 97.3 Å². The normalized spacial score (nSPS) is 16.0. The van der Waals surface area contributed by atoms with Crippen LogP contribution in [-0.2, 0) is 22.3 Å². The molecule has 0 aliphatic heterocycles. The van der Waals surface area contributed by atoms with Crippen molar-refractivity contribution in [3.8, 4) is 10.4 Å². The second-order valence-electron chi connectivity index (χ2n) is 16.4. The standard InChI is InChI=1S/C43H54N6O4S/c1-42(2,3)52-40(50)47(23-20-31-14-9-7-10-15-31)21-13-22-48(41(51)53-43(4,5)6)28-33-18-19-35(25-33)49-29-37(36-27-44-30-45-39(36)49)38-26-34(46-54-38)24-32-16-11-8-12-17-32/h7-12,14-17,26-27,29-30,33,35H,13,18-25,28H2,1-6H3. The van der Waals surface area contributed by atoms with Gasteiger partial charge >= 0.3 is 12.2 Å². The lowest BCUT2D eigenvalue weighted by Gasteiger charge is -2.31. The van der Waals surface area contributed by atoms with Crippen molar-refractivity contribution >= 4 is 34.8 Å². The summed E-state index contributed by atoms with van der Waals surface area (Å²) in [6.07, 6.45) is 10.1. The number of rotatable bonds is 13. The van der Waals surface area contributed by atoms with Gasteiger partial charge in [0.25, 0.3) is 0 Å². The Morgan fingerprint density at radius 3 is 2.19 bits per heavy atom. The van der Waals surface area contributed by atoms with E-state index in [9.17, 15) is 9.59 Å². The first kappa shape index (κ1) is 38.9. The zero-order valence-corrected chi connectivity index (χ0v) is 33.3. The average molecular weight is 751 g/mol. The minimum atomic E-state index is -0.621. The smallest absolute Gasteiger partial charge is 0.410 e. The Kier molecular flexibility index (Phi) is 12.4. The number of amides is 2. The number of aromatic nitrogens is 4. The van der Waals surface area contributed by atoms with Gasteiger partial charge in [-0.15, -0.1) is 0 Å². The molecule has 2 aromatic carbocycles. The van der Waals surface area contributed by atoms with Crippen molar-refractivity contribution in [1.29, 1.82) is 0 Å². The Morgan fingerprint density at radius 2 is 1.50 bits per heavy atom. The zero-order valence-electron chi connectivity index (χ0n) is 32.5. The molecule has 6 rings (SSSR count). The molecule has 1 saturated carbocycles. The molecule has 0 saturated heterocycles. The van der Waals surface area contributed by atoms with Crippen LogP contribution in [0, 0.1) is 5.92 Å². The first-order chi connectivity index (χ1) is 25.8. The van der Waals surface area contributed by atoms with Gasteiger partial charge < -0.3 is 23.8 Å². The van der Waals surface area contributed by atoms with Crippen molar-refractivity contribution in [3.63, 3.8) is 0 Å². The Hall–Kier alpha value is -4.77. The van der Waals surface area contributed by atoms with E-state index in [0.717, 1.165) is 64.8 Å². The van der Waals surface area contributed by atoms with Crippen LogP contribution < -0.4 is 0 Å². The SMILES string of the molecule is CC(C)(C)OC(=O)N(CCCN(CC1CCC(n2cc(-c3cc(Cc4ccccc4)ns3)c3cncnc32)C1)C(=O)OC(C)(C)C)CCc1ccccc1. The van der Waals surface area contributed by atoms with Gasteiger partial charge in [-0.05, 0) is 108 Å². The van der Waals surface area contributed by atoms with Crippen LogP contribution in [0.1, 0.15) is 90.1 Å². The van der Waals surface area contributed by atoms with E-state index in [1.807, 2.05) is 76.9 Å². The van der Waals surface area contributed by atoms with Gasteiger partial charge in [-0.25, -0.2) is 19.6 Å². The molecule has 0 spiro atoms. The highest BCUT2D eigenvalue weighted by atomic mass is 32.1. The Morgan fingerprint density at radius 1 is 0.852 bits per heavy atom. The van der Waals surface area contributed by atoms with Gasteiger partial charge in [-0.1, -0.05) is 60.7 Å². The number of carbonyl (C=O) groups is 2. The third-order valence-corrected chi connectivity index (χ3v) is 10.5. The minimum Gasteiger partial charge on any atom is -0.444 e. The summed E-state index contributed by atoms with van der Waals surface area (Å²) in [5.74, 6) is 0.283. The second-order valence-corrected chi connectivity index (χ2v) is 17.2. The molecule has 11 heteroatoms. The molecular formula is C43H54N6O4S. The predicted octanol–water partition coefficient (Wildman–Crippen LogP) is 9.59. The van der Waals surface area contributed by atoms with E-state index < -0.39 is 11.2 Å². The van der Waals surface area contributed by atoms with Gasteiger partial charge in [0.1, 0.15) is 23.2 Å². The maximum atomic E-state index is 13.6. The summed E-state index contributed by atoms with van der Waals surface area (Å²) >= 11 is 1.52. The van der Waals surface area contributed by atoms with E-state index in [2.05, 4.69) is 58.2 Å². The average Bonchev–Trinajstić information content (AvgIpc) is 3.87. The van der Waals surface area contributed by atoms with Gasteiger partial charge in [0.05, 0.1) is 10.6 Å². The summed E-state index contributed by atoms with van der Waals surface area (Å²) < 4.78 is 18.8. The summed E-state index contributed by atoms with van der Waals surface area (Å²) in [5, 5.41) is 1.02. The summed E-state index contributed by atoms with van der Waals surface area (Å²) in [6.45, 7) is 13.4. The molecule has 10 nitrogen and oxygen atoms in total. The highest BCUT2D eigenvalue weighted by Crippen LogP contribution is 2.41. The number of hydrogen-bond donors (Lipinski definition) is 0. The quantitative estimate of drug-likeness (QED) is 0.118. The van der Waals surface area contributed by atoms with Crippen molar-refractivity contribution in [2.24, 2.45) is 5.92 Å². The highest BCUT2D eigenvalue weighted by molar-refractivity contribution is 7.09. The molecule has 3 heterocycles. The van der Waals surface area contributed by atoms with Gasteiger partial charge in [0.2, 0.25) is 0 Å². The fourth-order valence-electron chi connectivity index (χ4n) is 7.13. The van der Waals surface area contributed by atoms with Crippen LogP contribution in [0.25, 0.3) is 21.5 Å². The molecule has 1 fully saturated rings. The third-order valence-electron chi connectivity index (χ3n) is 9.60. The van der Waals surface area contributed by atoms with E-state index >= 15 is 0 Å².